The monoisotopic (exact) mass is 355 g/mol. The summed E-state index contributed by atoms with van der Waals surface area (Å²) in [5.74, 6) is -1.52. The van der Waals surface area contributed by atoms with E-state index in [0.29, 0.717) is 12.1 Å². The highest BCUT2D eigenvalue weighted by Gasteiger charge is 2.18. The van der Waals surface area contributed by atoms with Gasteiger partial charge in [-0.1, -0.05) is 17.7 Å². The van der Waals surface area contributed by atoms with E-state index in [9.17, 15) is 14.0 Å². The van der Waals surface area contributed by atoms with Crippen LogP contribution in [0.4, 0.5) is 10.1 Å². The third kappa shape index (κ3) is 5.33. The number of nitrogens with one attached hydrogen (secondary N) is 1. The molecule has 1 amide bonds. The third-order valence-electron chi connectivity index (χ3n) is 3.02. The van der Waals surface area contributed by atoms with E-state index in [1.807, 2.05) is 17.5 Å². The Kier molecular flexibility index (Phi) is 6.12. The predicted octanol–water partition coefficient (Wildman–Crippen LogP) is 4.04. The summed E-state index contributed by atoms with van der Waals surface area (Å²) < 4.78 is 18.1. The Morgan fingerprint density at radius 2 is 2.17 bits per heavy atom. The van der Waals surface area contributed by atoms with E-state index in [0.717, 1.165) is 10.9 Å². The fourth-order valence-electron chi connectivity index (χ4n) is 1.81. The van der Waals surface area contributed by atoms with Gasteiger partial charge in [-0.2, -0.15) is 0 Å². The molecule has 0 aliphatic rings. The Morgan fingerprint density at radius 1 is 1.39 bits per heavy atom. The quantitative estimate of drug-likeness (QED) is 0.795. The lowest BCUT2D eigenvalue weighted by Crippen LogP contribution is -2.30. The van der Waals surface area contributed by atoms with E-state index >= 15 is 0 Å². The molecule has 0 fully saturated rings. The van der Waals surface area contributed by atoms with Crippen LogP contribution >= 0.6 is 22.9 Å². The van der Waals surface area contributed by atoms with Crippen molar-refractivity contribution in [2.45, 2.75) is 25.9 Å². The first-order chi connectivity index (χ1) is 11.0. The van der Waals surface area contributed by atoms with E-state index in [4.69, 9.17) is 16.3 Å². The van der Waals surface area contributed by atoms with E-state index in [1.54, 1.807) is 11.3 Å². The number of carbonyl (C=O) groups excluding carboxylic acids is 2. The number of rotatable bonds is 6. The van der Waals surface area contributed by atoms with Crippen molar-refractivity contribution in [3.63, 3.8) is 0 Å². The Labute approximate surface area is 142 Å². The normalized spacial score (nSPS) is 11.8. The Morgan fingerprint density at radius 3 is 2.83 bits per heavy atom. The summed E-state index contributed by atoms with van der Waals surface area (Å²) in [4.78, 5) is 24.8. The van der Waals surface area contributed by atoms with E-state index < -0.39 is 23.8 Å². The molecule has 1 atom stereocenters. The molecule has 23 heavy (non-hydrogen) atoms. The number of amides is 1. The van der Waals surface area contributed by atoms with Crippen LogP contribution < -0.4 is 5.32 Å². The minimum Gasteiger partial charge on any atom is -0.453 e. The van der Waals surface area contributed by atoms with Crippen molar-refractivity contribution >= 4 is 40.5 Å². The summed E-state index contributed by atoms with van der Waals surface area (Å²) in [7, 11) is 0. The highest BCUT2D eigenvalue weighted by atomic mass is 35.5. The second-order valence-electron chi connectivity index (χ2n) is 4.83. The van der Waals surface area contributed by atoms with E-state index in [1.165, 1.54) is 19.1 Å². The Bertz CT molecular complexity index is 691. The standard InChI is InChI=1S/C16H15ClFNO3S/c1-10(22-15(20)7-5-12-3-2-8-23-12)16(21)19-11-4-6-14(18)13(17)9-11/h2-4,6,8-10H,5,7H2,1H3,(H,19,21)/t10-/m0/s1. The zero-order valence-corrected chi connectivity index (χ0v) is 13.9. The van der Waals surface area contributed by atoms with Gasteiger partial charge in [0.15, 0.2) is 6.10 Å². The van der Waals surface area contributed by atoms with Gasteiger partial charge in [0.25, 0.3) is 5.91 Å². The minimum atomic E-state index is -0.949. The van der Waals surface area contributed by atoms with Gasteiger partial charge in [0, 0.05) is 10.6 Å². The van der Waals surface area contributed by atoms with Crippen molar-refractivity contribution in [3.8, 4) is 0 Å². The first-order valence-corrected chi connectivity index (χ1v) is 8.19. The van der Waals surface area contributed by atoms with Crippen LogP contribution in [-0.4, -0.2) is 18.0 Å². The largest absolute Gasteiger partial charge is 0.453 e. The molecule has 2 rings (SSSR count). The van der Waals surface area contributed by atoms with Gasteiger partial charge in [0.05, 0.1) is 11.4 Å². The predicted molar refractivity (Wildman–Crippen MR) is 88.2 cm³/mol. The van der Waals surface area contributed by atoms with Crippen LogP contribution in [0.15, 0.2) is 35.7 Å². The number of anilines is 1. The van der Waals surface area contributed by atoms with Crippen molar-refractivity contribution in [1.82, 2.24) is 0 Å². The molecule has 0 spiro atoms. The first kappa shape index (κ1) is 17.4. The fourth-order valence-corrected chi connectivity index (χ4v) is 2.70. The number of benzene rings is 1. The number of esters is 1. The van der Waals surface area contributed by atoms with Crippen LogP contribution in [0, 0.1) is 5.82 Å². The van der Waals surface area contributed by atoms with Gasteiger partial charge in [0.2, 0.25) is 0 Å². The zero-order valence-electron chi connectivity index (χ0n) is 12.3. The molecule has 1 N–H and O–H groups in total. The average Bonchev–Trinajstić information content (AvgIpc) is 3.02. The molecule has 0 saturated heterocycles. The maximum atomic E-state index is 13.1. The molecule has 122 valence electrons. The van der Waals surface area contributed by atoms with E-state index in [-0.39, 0.29) is 11.4 Å². The highest BCUT2D eigenvalue weighted by Crippen LogP contribution is 2.19. The topological polar surface area (TPSA) is 55.4 Å². The molecule has 0 aliphatic heterocycles. The maximum Gasteiger partial charge on any atom is 0.306 e. The van der Waals surface area contributed by atoms with Crippen LogP contribution in [0.2, 0.25) is 5.02 Å². The third-order valence-corrected chi connectivity index (χ3v) is 4.25. The molecule has 7 heteroatoms. The highest BCUT2D eigenvalue weighted by molar-refractivity contribution is 7.09. The van der Waals surface area contributed by atoms with Gasteiger partial charge < -0.3 is 10.1 Å². The number of hydrogen-bond donors (Lipinski definition) is 1. The number of halogens is 2. The Balaban J connectivity index is 1.81. The lowest BCUT2D eigenvalue weighted by molar-refractivity contribution is -0.153. The summed E-state index contributed by atoms with van der Waals surface area (Å²) in [5.41, 5.74) is 0.336. The summed E-state index contributed by atoms with van der Waals surface area (Å²) in [6.45, 7) is 1.48. The van der Waals surface area contributed by atoms with Crippen molar-refractivity contribution in [2.75, 3.05) is 5.32 Å². The zero-order chi connectivity index (χ0) is 16.8. The number of thiophene rings is 1. The van der Waals surface area contributed by atoms with Crippen LogP contribution in [0.25, 0.3) is 0 Å². The minimum absolute atomic E-state index is 0.0941. The molecule has 1 aromatic heterocycles. The van der Waals surface area contributed by atoms with Crippen molar-refractivity contribution in [2.24, 2.45) is 0 Å². The number of ether oxygens (including phenoxy) is 1. The summed E-state index contributed by atoms with van der Waals surface area (Å²) >= 11 is 7.20. The van der Waals surface area contributed by atoms with Crippen LogP contribution in [0.1, 0.15) is 18.2 Å². The summed E-state index contributed by atoms with van der Waals surface area (Å²) in [5, 5.41) is 4.36. The molecule has 2 aromatic rings. The smallest absolute Gasteiger partial charge is 0.306 e. The lowest BCUT2D eigenvalue weighted by Gasteiger charge is -2.13. The number of hydrogen-bond acceptors (Lipinski definition) is 4. The van der Waals surface area contributed by atoms with Crippen molar-refractivity contribution < 1.29 is 18.7 Å². The first-order valence-electron chi connectivity index (χ1n) is 6.93. The molecule has 0 saturated carbocycles. The van der Waals surface area contributed by atoms with Crippen LogP contribution in [0.5, 0.6) is 0 Å². The summed E-state index contributed by atoms with van der Waals surface area (Å²) in [6.07, 6.45) is -0.159. The molecular weight excluding hydrogens is 341 g/mol. The van der Waals surface area contributed by atoms with Gasteiger partial charge in [-0.05, 0) is 43.0 Å². The lowest BCUT2D eigenvalue weighted by atomic mass is 10.2. The second kappa shape index (κ2) is 8.08. The molecule has 0 aliphatic carbocycles. The van der Waals surface area contributed by atoms with Gasteiger partial charge in [0.1, 0.15) is 5.82 Å². The molecule has 1 aromatic carbocycles. The molecule has 0 radical (unpaired) electrons. The second-order valence-corrected chi connectivity index (χ2v) is 6.27. The Hall–Kier alpha value is -1.92. The van der Waals surface area contributed by atoms with Crippen LogP contribution in [-0.2, 0) is 20.7 Å². The van der Waals surface area contributed by atoms with Gasteiger partial charge >= 0.3 is 5.97 Å². The molecule has 1 heterocycles. The number of aryl methyl sites for hydroxylation is 1. The average molecular weight is 356 g/mol. The molecular formula is C16H15ClFNO3S. The maximum absolute atomic E-state index is 13.1. The number of carbonyl (C=O) groups is 2. The summed E-state index contributed by atoms with van der Waals surface area (Å²) in [6, 6.07) is 7.67. The molecule has 4 nitrogen and oxygen atoms in total. The van der Waals surface area contributed by atoms with E-state index in [2.05, 4.69) is 5.32 Å². The molecule has 0 unspecified atom stereocenters. The fraction of sp³-hybridized carbons (Fsp3) is 0.250. The SMILES string of the molecule is C[C@H](OC(=O)CCc1cccs1)C(=O)Nc1ccc(F)c(Cl)c1. The van der Waals surface area contributed by atoms with Crippen LogP contribution in [0.3, 0.4) is 0 Å². The van der Waals surface area contributed by atoms with Crippen molar-refractivity contribution in [3.05, 3.63) is 51.4 Å². The van der Waals surface area contributed by atoms with Gasteiger partial charge in [-0.3, -0.25) is 9.59 Å². The van der Waals surface area contributed by atoms with Crippen molar-refractivity contribution in [1.29, 1.82) is 0 Å². The van der Waals surface area contributed by atoms with Gasteiger partial charge in [-0.25, -0.2) is 4.39 Å². The van der Waals surface area contributed by atoms with Gasteiger partial charge in [-0.15, -0.1) is 11.3 Å². The molecule has 0 bridgehead atoms.